The van der Waals surface area contributed by atoms with Gasteiger partial charge in [0.05, 0.1) is 0 Å². The molecular formula is C12H18N2. The largest absolute Gasteiger partial charge is 0.306 e. The van der Waals surface area contributed by atoms with Crippen molar-refractivity contribution in [3.63, 3.8) is 0 Å². The van der Waals surface area contributed by atoms with Crippen LogP contribution < -0.4 is 0 Å². The van der Waals surface area contributed by atoms with Gasteiger partial charge in [-0.1, -0.05) is 13.0 Å². The summed E-state index contributed by atoms with van der Waals surface area (Å²) in [5.41, 5.74) is 1.27. The van der Waals surface area contributed by atoms with Crippen molar-refractivity contribution in [3.8, 4) is 0 Å². The molecular weight excluding hydrogens is 172 g/mol. The highest BCUT2D eigenvalue weighted by molar-refractivity contribution is 5.11. The van der Waals surface area contributed by atoms with Crippen LogP contribution in [0.15, 0.2) is 24.4 Å². The van der Waals surface area contributed by atoms with Crippen molar-refractivity contribution in [3.05, 3.63) is 30.1 Å². The number of hydrogen-bond acceptors (Lipinski definition) is 2. The second-order valence-electron chi connectivity index (χ2n) is 4.39. The van der Waals surface area contributed by atoms with Crippen molar-refractivity contribution < 1.29 is 0 Å². The minimum atomic E-state index is 0.660. The number of rotatable bonds is 1. The molecule has 0 N–H and O–H groups in total. The van der Waals surface area contributed by atoms with Crippen LogP contribution in [0.25, 0.3) is 0 Å². The summed E-state index contributed by atoms with van der Waals surface area (Å²) in [6.45, 7) is 4.72. The SMILES string of the molecule is CC1CN(C)CCC1c1ccccn1. The maximum atomic E-state index is 4.46. The van der Waals surface area contributed by atoms with E-state index in [0.717, 1.165) is 5.92 Å². The summed E-state index contributed by atoms with van der Waals surface area (Å²) in [6, 6.07) is 6.24. The lowest BCUT2D eigenvalue weighted by Crippen LogP contribution is -2.35. The molecule has 0 radical (unpaired) electrons. The third kappa shape index (κ3) is 1.95. The second-order valence-corrected chi connectivity index (χ2v) is 4.39. The highest BCUT2D eigenvalue weighted by atomic mass is 15.1. The molecule has 2 heteroatoms. The van der Waals surface area contributed by atoms with Crippen LogP contribution in [0.5, 0.6) is 0 Å². The second kappa shape index (κ2) is 4.09. The van der Waals surface area contributed by atoms with Gasteiger partial charge in [0.1, 0.15) is 0 Å². The van der Waals surface area contributed by atoms with Gasteiger partial charge in [0.2, 0.25) is 0 Å². The molecule has 2 rings (SSSR count). The predicted octanol–water partition coefficient (Wildman–Crippen LogP) is 2.14. The Morgan fingerprint density at radius 3 is 2.93 bits per heavy atom. The molecule has 1 aromatic rings. The van der Waals surface area contributed by atoms with Crippen LogP contribution in [0, 0.1) is 5.92 Å². The van der Waals surface area contributed by atoms with Crippen molar-refractivity contribution in [2.45, 2.75) is 19.3 Å². The van der Waals surface area contributed by atoms with E-state index in [1.807, 2.05) is 12.3 Å². The van der Waals surface area contributed by atoms with Gasteiger partial charge in [-0.25, -0.2) is 0 Å². The van der Waals surface area contributed by atoms with Gasteiger partial charge in [-0.3, -0.25) is 4.98 Å². The Morgan fingerprint density at radius 1 is 1.43 bits per heavy atom. The summed E-state index contributed by atoms with van der Waals surface area (Å²) in [5.74, 6) is 1.39. The van der Waals surface area contributed by atoms with E-state index in [2.05, 4.69) is 36.0 Å². The molecule has 0 spiro atoms. The summed E-state index contributed by atoms with van der Waals surface area (Å²) in [6.07, 6.45) is 3.15. The summed E-state index contributed by atoms with van der Waals surface area (Å²) in [4.78, 5) is 6.87. The molecule has 0 saturated carbocycles. The topological polar surface area (TPSA) is 16.1 Å². The average molecular weight is 190 g/mol. The Kier molecular flexibility index (Phi) is 2.82. The van der Waals surface area contributed by atoms with Crippen LogP contribution in [0.2, 0.25) is 0 Å². The maximum Gasteiger partial charge on any atom is 0.0438 e. The smallest absolute Gasteiger partial charge is 0.0438 e. The first kappa shape index (κ1) is 9.66. The van der Waals surface area contributed by atoms with E-state index in [4.69, 9.17) is 0 Å². The van der Waals surface area contributed by atoms with Gasteiger partial charge in [-0.15, -0.1) is 0 Å². The Bertz CT molecular complexity index is 284. The lowest BCUT2D eigenvalue weighted by Gasteiger charge is -2.34. The Hall–Kier alpha value is -0.890. The van der Waals surface area contributed by atoms with Crippen LogP contribution in [0.4, 0.5) is 0 Å². The number of hydrogen-bond donors (Lipinski definition) is 0. The highest BCUT2D eigenvalue weighted by Crippen LogP contribution is 2.30. The summed E-state index contributed by atoms with van der Waals surface area (Å²) >= 11 is 0. The molecule has 0 aliphatic carbocycles. The van der Waals surface area contributed by atoms with Crippen LogP contribution in [-0.4, -0.2) is 30.0 Å². The van der Waals surface area contributed by atoms with E-state index in [9.17, 15) is 0 Å². The molecule has 2 atom stereocenters. The Labute approximate surface area is 86.0 Å². The quantitative estimate of drug-likeness (QED) is 0.674. The van der Waals surface area contributed by atoms with E-state index >= 15 is 0 Å². The highest BCUT2D eigenvalue weighted by Gasteiger charge is 2.25. The molecule has 76 valence electrons. The van der Waals surface area contributed by atoms with Gasteiger partial charge in [0.15, 0.2) is 0 Å². The molecule has 1 fully saturated rings. The monoisotopic (exact) mass is 190 g/mol. The van der Waals surface area contributed by atoms with E-state index in [0.29, 0.717) is 5.92 Å². The number of aromatic nitrogens is 1. The minimum absolute atomic E-state index is 0.660. The first-order valence-corrected chi connectivity index (χ1v) is 5.37. The number of nitrogens with zero attached hydrogens (tertiary/aromatic N) is 2. The molecule has 0 bridgehead atoms. The first-order chi connectivity index (χ1) is 6.77. The van der Waals surface area contributed by atoms with E-state index in [-0.39, 0.29) is 0 Å². The molecule has 14 heavy (non-hydrogen) atoms. The molecule has 1 saturated heterocycles. The van der Waals surface area contributed by atoms with Gasteiger partial charge < -0.3 is 4.90 Å². The van der Waals surface area contributed by atoms with E-state index < -0.39 is 0 Å². The van der Waals surface area contributed by atoms with E-state index in [1.54, 1.807) is 0 Å². The molecule has 2 heterocycles. The van der Waals surface area contributed by atoms with Gasteiger partial charge in [-0.05, 0) is 38.1 Å². The Balaban J connectivity index is 2.12. The zero-order valence-electron chi connectivity index (χ0n) is 8.98. The molecule has 0 aromatic carbocycles. The normalized spacial score (nSPS) is 29.0. The van der Waals surface area contributed by atoms with Gasteiger partial charge in [0.25, 0.3) is 0 Å². The fraction of sp³-hybridized carbons (Fsp3) is 0.583. The fourth-order valence-corrected chi connectivity index (χ4v) is 2.39. The minimum Gasteiger partial charge on any atom is -0.306 e. The van der Waals surface area contributed by atoms with Crippen molar-refractivity contribution in [1.29, 1.82) is 0 Å². The van der Waals surface area contributed by atoms with Gasteiger partial charge in [0, 0.05) is 24.4 Å². The zero-order chi connectivity index (χ0) is 9.97. The lowest BCUT2D eigenvalue weighted by atomic mass is 9.84. The van der Waals surface area contributed by atoms with Gasteiger partial charge in [-0.2, -0.15) is 0 Å². The van der Waals surface area contributed by atoms with Crippen molar-refractivity contribution in [2.24, 2.45) is 5.92 Å². The maximum absolute atomic E-state index is 4.46. The van der Waals surface area contributed by atoms with Crippen molar-refractivity contribution >= 4 is 0 Å². The molecule has 1 aromatic heterocycles. The Morgan fingerprint density at radius 2 is 2.29 bits per heavy atom. The van der Waals surface area contributed by atoms with Crippen LogP contribution >= 0.6 is 0 Å². The van der Waals surface area contributed by atoms with Crippen molar-refractivity contribution in [1.82, 2.24) is 9.88 Å². The summed E-state index contributed by atoms with van der Waals surface area (Å²) in [7, 11) is 2.20. The molecule has 2 nitrogen and oxygen atoms in total. The predicted molar refractivity (Wildman–Crippen MR) is 58.3 cm³/mol. The van der Waals surface area contributed by atoms with Crippen LogP contribution in [-0.2, 0) is 0 Å². The molecule has 0 amide bonds. The van der Waals surface area contributed by atoms with Crippen molar-refractivity contribution in [2.75, 3.05) is 20.1 Å². The first-order valence-electron chi connectivity index (χ1n) is 5.37. The zero-order valence-corrected chi connectivity index (χ0v) is 8.98. The number of pyridine rings is 1. The number of likely N-dealkylation sites (tertiary alicyclic amines) is 1. The average Bonchev–Trinajstić information content (AvgIpc) is 2.19. The van der Waals surface area contributed by atoms with Crippen LogP contribution in [0.1, 0.15) is 25.0 Å². The number of piperidine rings is 1. The molecule has 2 unspecified atom stereocenters. The summed E-state index contributed by atoms with van der Waals surface area (Å²) < 4.78 is 0. The fourth-order valence-electron chi connectivity index (χ4n) is 2.39. The lowest BCUT2D eigenvalue weighted by molar-refractivity contribution is 0.193. The third-order valence-electron chi connectivity index (χ3n) is 3.18. The van der Waals surface area contributed by atoms with Gasteiger partial charge >= 0.3 is 0 Å². The van der Waals surface area contributed by atoms with E-state index in [1.165, 1.54) is 25.2 Å². The summed E-state index contributed by atoms with van der Waals surface area (Å²) in [5, 5.41) is 0. The standard InChI is InChI=1S/C12H18N2/c1-10-9-14(2)8-6-11(10)12-5-3-4-7-13-12/h3-5,7,10-11H,6,8-9H2,1-2H3. The molecule has 1 aliphatic heterocycles. The molecule has 1 aliphatic rings. The van der Waals surface area contributed by atoms with Crippen LogP contribution in [0.3, 0.4) is 0 Å². The third-order valence-corrected chi connectivity index (χ3v) is 3.18.